The molecule has 0 aliphatic rings. The molecule has 0 radical (unpaired) electrons. The molecule has 0 saturated heterocycles. The minimum atomic E-state index is -1.29. The second-order valence-electron chi connectivity index (χ2n) is 2.64. The summed E-state index contributed by atoms with van der Waals surface area (Å²) in [6.07, 6.45) is 0. The summed E-state index contributed by atoms with van der Waals surface area (Å²) in [5, 5.41) is -1.29. The lowest BCUT2D eigenvalue weighted by Gasteiger charge is -2.25. The van der Waals surface area contributed by atoms with Crippen LogP contribution in [-0.4, -0.2) is 21.3 Å². The summed E-state index contributed by atoms with van der Waals surface area (Å²) in [5.74, 6) is 0.631. The number of hydrogen-bond donors (Lipinski definition) is 0. The van der Waals surface area contributed by atoms with Crippen molar-refractivity contribution in [3.8, 4) is 5.75 Å². The third-order valence-corrected chi connectivity index (χ3v) is 2.47. The number of hydrogen-bond acceptors (Lipinski definition) is 3. The van der Waals surface area contributed by atoms with E-state index >= 15 is 0 Å². The Hall–Kier alpha value is -0.770. The smallest absolute Gasteiger partial charge is 0.279 e. The van der Waals surface area contributed by atoms with Gasteiger partial charge in [0.2, 0.25) is 0 Å². The van der Waals surface area contributed by atoms with Crippen LogP contribution in [0.25, 0.3) is 0 Å². The van der Waals surface area contributed by atoms with Crippen LogP contribution in [0.5, 0.6) is 5.75 Å². The van der Waals surface area contributed by atoms with E-state index in [2.05, 4.69) is 0 Å². The molecule has 78 valence electrons. The zero-order chi connectivity index (χ0) is 10.6. The largest absolute Gasteiger partial charge is 0.496 e. The van der Waals surface area contributed by atoms with Gasteiger partial charge in [0.15, 0.2) is 0 Å². The van der Waals surface area contributed by atoms with E-state index in [4.69, 9.17) is 25.8 Å². The van der Waals surface area contributed by atoms with Crippen LogP contribution < -0.4 is 4.74 Å². The molecule has 1 aromatic rings. The first-order valence-corrected chi connectivity index (χ1v) is 4.48. The molecule has 0 spiro atoms. The van der Waals surface area contributed by atoms with Crippen molar-refractivity contribution in [3.63, 3.8) is 0 Å². The minimum Gasteiger partial charge on any atom is -0.496 e. The van der Waals surface area contributed by atoms with Gasteiger partial charge in [0.1, 0.15) is 5.75 Å². The van der Waals surface area contributed by atoms with Crippen LogP contribution in [0.1, 0.15) is 5.56 Å². The Morgan fingerprint density at radius 2 is 1.64 bits per heavy atom. The highest BCUT2D eigenvalue weighted by molar-refractivity contribution is 6.22. The lowest BCUT2D eigenvalue weighted by atomic mass is 10.2. The molecule has 1 aromatic carbocycles. The molecule has 0 aromatic heterocycles. The Bertz CT molecular complexity index is 297. The summed E-state index contributed by atoms with van der Waals surface area (Å²) in [6, 6.07) is 7.28. The topological polar surface area (TPSA) is 27.7 Å². The van der Waals surface area contributed by atoms with Gasteiger partial charge in [0.05, 0.1) is 12.7 Å². The van der Waals surface area contributed by atoms with Crippen LogP contribution in [0.3, 0.4) is 0 Å². The van der Waals surface area contributed by atoms with Crippen molar-refractivity contribution in [1.29, 1.82) is 0 Å². The monoisotopic (exact) mass is 216 g/mol. The van der Waals surface area contributed by atoms with E-state index in [1.165, 1.54) is 14.2 Å². The highest BCUT2D eigenvalue weighted by Crippen LogP contribution is 2.36. The van der Waals surface area contributed by atoms with E-state index in [0.29, 0.717) is 11.3 Å². The van der Waals surface area contributed by atoms with E-state index in [9.17, 15) is 0 Å². The van der Waals surface area contributed by atoms with Crippen molar-refractivity contribution in [2.45, 2.75) is 5.25 Å². The molecular formula is C10H13ClO3. The van der Waals surface area contributed by atoms with Gasteiger partial charge in [0.25, 0.3) is 5.25 Å². The highest BCUT2D eigenvalue weighted by atomic mass is 35.5. The zero-order valence-corrected chi connectivity index (χ0v) is 9.17. The van der Waals surface area contributed by atoms with Crippen molar-refractivity contribution in [2.75, 3.05) is 21.3 Å². The van der Waals surface area contributed by atoms with E-state index < -0.39 is 5.25 Å². The number of ether oxygens (including phenoxy) is 3. The molecule has 4 heteroatoms. The first-order valence-electron chi connectivity index (χ1n) is 4.10. The summed E-state index contributed by atoms with van der Waals surface area (Å²) in [4.78, 5) is 0. The van der Waals surface area contributed by atoms with Gasteiger partial charge in [-0.3, -0.25) is 0 Å². The quantitative estimate of drug-likeness (QED) is 0.571. The molecule has 0 atom stereocenters. The average Bonchev–Trinajstić information content (AvgIpc) is 2.28. The number of halogens is 1. The summed E-state index contributed by atoms with van der Waals surface area (Å²) >= 11 is 6.09. The zero-order valence-electron chi connectivity index (χ0n) is 8.41. The fourth-order valence-corrected chi connectivity index (χ4v) is 1.35. The third kappa shape index (κ3) is 2.00. The van der Waals surface area contributed by atoms with Crippen LogP contribution in [-0.2, 0) is 14.7 Å². The lowest BCUT2D eigenvalue weighted by molar-refractivity contribution is -0.148. The van der Waals surface area contributed by atoms with Gasteiger partial charge in [-0.05, 0) is 12.1 Å². The standard InChI is InChI=1S/C10H13ClO3/c1-12-9-7-5-4-6-8(9)10(11,13-2)14-3/h4-7H,1-3H3. The number of alkyl halides is 1. The van der Waals surface area contributed by atoms with Crippen molar-refractivity contribution >= 4 is 11.6 Å². The van der Waals surface area contributed by atoms with Crippen molar-refractivity contribution in [1.82, 2.24) is 0 Å². The third-order valence-electron chi connectivity index (χ3n) is 1.95. The molecule has 0 N–H and O–H groups in total. The van der Waals surface area contributed by atoms with Gasteiger partial charge in [-0.25, -0.2) is 0 Å². The molecule has 0 aliphatic heterocycles. The Labute approximate surface area is 88.5 Å². The number of rotatable bonds is 4. The second kappa shape index (κ2) is 4.64. The van der Waals surface area contributed by atoms with E-state index in [1.54, 1.807) is 19.2 Å². The Morgan fingerprint density at radius 1 is 1.07 bits per heavy atom. The predicted molar refractivity (Wildman–Crippen MR) is 54.5 cm³/mol. The molecule has 0 bridgehead atoms. The normalized spacial score (nSPS) is 11.4. The van der Waals surface area contributed by atoms with Gasteiger partial charge >= 0.3 is 0 Å². The van der Waals surface area contributed by atoms with Crippen molar-refractivity contribution < 1.29 is 14.2 Å². The summed E-state index contributed by atoms with van der Waals surface area (Å²) < 4.78 is 15.3. The molecule has 0 unspecified atom stereocenters. The SMILES string of the molecule is COc1ccccc1C(Cl)(OC)OC. The van der Waals surface area contributed by atoms with Crippen molar-refractivity contribution in [2.24, 2.45) is 0 Å². The molecule has 3 nitrogen and oxygen atoms in total. The van der Waals surface area contributed by atoms with Crippen LogP contribution in [0.4, 0.5) is 0 Å². The van der Waals surface area contributed by atoms with Crippen LogP contribution in [0.15, 0.2) is 24.3 Å². The maximum Gasteiger partial charge on any atom is 0.279 e. The maximum absolute atomic E-state index is 6.09. The summed E-state index contributed by atoms with van der Waals surface area (Å²) in [7, 11) is 4.52. The average molecular weight is 217 g/mol. The van der Waals surface area contributed by atoms with Crippen LogP contribution in [0, 0.1) is 0 Å². The van der Waals surface area contributed by atoms with Gasteiger partial charge in [-0.15, -0.1) is 0 Å². The first kappa shape index (κ1) is 11.3. The number of methoxy groups -OCH3 is 3. The van der Waals surface area contributed by atoms with E-state index in [-0.39, 0.29) is 0 Å². The fraction of sp³-hybridized carbons (Fsp3) is 0.400. The summed E-state index contributed by atoms with van der Waals surface area (Å²) in [5.41, 5.74) is 0.647. The predicted octanol–water partition coefficient (Wildman–Crippen LogP) is 2.34. The maximum atomic E-state index is 6.09. The van der Waals surface area contributed by atoms with Crippen molar-refractivity contribution in [3.05, 3.63) is 29.8 Å². The molecule has 0 amide bonds. The molecule has 0 saturated carbocycles. The molecule has 14 heavy (non-hydrogen) atoms. The Balaban J connectivity index is 3.15. The number of benzene rings is 1. The Kier molecular flexibility index (Phi) is 3.75. The van der Waals surface area contributed by atoms with Gasteiger partial charge in [-0.2, -0.15) is 0 Å². The van der Waals surface area contributed by atoms with Gasteiger partial charge in [-0.1, -0.05) is 23.7 Å². The fourth-order valence-electron chi connectivity index (χ4n) is 1.19. The summed E-state index contributed by atoms with van der Waals surface area (Å²) in [6.45, 7) is 0. The second-order valence-corrected chi connectivity index (χ2v) is 3.14. The highest BCUT2D eigenvalue weighted by Gasteiger charge is 2.32. The van der Waals surface area contributed by atoms with E-state index in [0.717, 1.165) is 0 Å². The van der Waals surface area contributed by atoms with E-state index in [1.807, 2.05) is 12.1 Å². The Morgan fingerprint density at radius 3 is 2.14 bits per heavy atom. The van der Waals surface area contributed by atoms with Gasteiger partial charge < -0.3 is 14.2 Å². The number of para-hydroxylation sites is 1. The molecule has 0 aliphatic carbocycles. The first-order chi connectivity index (χ1) is 6.68. The molecule has 1 rings (SSSR count). The molecule has 0 fully saturated rings. The lowest BCUT2D eigenvalue weighted by Crippen LogP contribution is -2.24. The van der Waals surface area contributed by atoms with Crippen LogP contribution >= 0.6 is 11.6 Å². The minimum absolute atomic E-state index is 0.631. The molecule has 0 heterocycles. The van der Waals surface area contributed by atoms with Gasteiger partial charge in [0, 0.05) is 14.2 Å². The molecular weight excluding hydrogens is 204 g/mol. The van der Waals surface area contributed by atoms with Crippen LogP contribution in [0.2, 0.25) is 0 Å².